The van der Waals surface area contributed by atoms with Crippen LogP contribution in [0.25, 0.3) is 0 Å². The molecule has 0 spiro atoms. The molecule has 0 aliphatic heterocycles. The van der Waals surface area contributed by atoms with Crippen LogP contribution in [-0.4, -0.2) is 50.7 Å². The first-order chi connectivity index (χ1) is 12.0. The Kier molecular flexibility index (Phi) is 9.02. The third-order valence-electron chi connectivity index (χ3n) is 3.36. The lowest BCUT2D eigenvalue weighted by Gasteiger charge is -2.21. The largest absolute Gasteiger partial charge is 0.454 e. The van der Waals surface area contributed by atoms with Gasteiger partial charge in [0.2, 0.25) is 0 Å². The minimum atomic E-state index is -0.643. The fourth-order valence-corrected chi connectivity index (χ4v) is 2.02. The number of hydrogen-bond acceptors (Lipinski definition) is 6. The summed E-state index contributed by atoms with van der Waals surface area (Å²) in [6.45, 7) is 7.28. The number of hydrazine groups is 1. The molecule has 1 aromatic carbocycles. The van der Waals surface area contributed by atoms with E-state index in [4.69, 9.17) is 4.74 Å². The molecule has 1 aromatic rings. The van der Waals surface area contributed by atoms with E-state index in [1.807, 2.05) is 12.1 Å². The summed E-state index contributed by atoms with van der Waals surface area (Å²) in [6.07, 6.45) is 0. The van der Waals surface area contributed by atoms with Crippen LogP contribution in [0, 0.1) is 0 Å². The van der Waals surface area contributed by atoms with Gasteiger partial charge in [0, 0.05) is 30.9 Å². The van der Waals surface area contributed by atoms with Gasteiger partial charge in [-0.1, -0.05) is 0 Å². The van der Waals surface area contributed by atoms with E-state index in [0.29, 0.717) is 12.2 Å². The molecule has 0 saturated carbocycles. The van der Waals surface area contributed by atoms with E-state index in [9.17, 15) is 14.4 Å². The van der Waals surface area contributed by atoms with Crippen molar-refractivity contribution in [1.29, 1.82) is 0 Å². The summed E-state index contributed by atoms with van der Waals surface area (Å²) < 4.78 is 9.52. The average Bonchev–Trinajstić information content (AvgIpc) is 2.64. The van der Waals surface area contributed by atoms with Crippen molar-refractivity contribution in [3.63, 3.8) is 0 Å². The predicted octanol–water partition coefficient (Wildman–Crippen LogP) is 0.874. The maximum Gasteiger partial charge on any atom is 0.332 e. The summed E-state index contributed by atoms with van der Waals surface area (Å²) in [5.41, 5.74) is 5.88. The molecular formula is C17H25N3O5. The molecule has 0 aromatic heterocycles. The van der Waals surface area contributed by atoms with Crippen LogP contribution in [0.1, 0.15) is 31.1 Å². The molecule has 138 valence electrons. The zero-order chi connectivity index (χ0) is 18.7. The van der Waals surface area contributed by atoms with Crippen LogP contribution >= 0.6 is 0 Å². The number of anilines is 1. The monoisotopic (exact) mass is 351 g/mol. The van der Waals surface area contributed by atoms with Crippen molar-refractivity contribution in [3.05, 3.63) is 29.8 Å². The fourth-order valence-electron chi connectivity index (χ4n) is 2.02. The number of ether oxygens (including phenoxy) is 2. The van der Waals surface area contributed by atoms with Gasteiger partial charge >= 0.3 is 5.97 Å². The van der Waals surface area contributed by atoms with Crippen LogP contribution in [-0.2, 0) is 19.1 Å². The highest BCUT2D eigenvalue weighted by molar-refractivity contribution is 5.95. The van der Waals surface area contributed by atoms with Gasteiger partial charge in [0.25, 0.3) is 11.8 Å². The van der Waals surface area contributed by atoms with Crippen molar-refractivity contribution in [3.8, 4) is 0 Å². The molecule has 1 rings (SSSR count). The molecule has 2 N–H and O–H groups in total. The van der Waals surface area contributed by atoms with Crippen LogP contribution in [0.3, 0.4) is 0 Å². The summed E-state index contributed by atoms with van der Waals surface area (Å²) in [4.78, 5) is 36.8. The van der Waals surface area contributed by atoms with Gasteiger partial charge in [-0.2, -0.15) is 0 Å². The average molecular weight is 351 g/mol. The SMILES string of the molecule is CCOCC(=O)OCC(=O)NNC(=O)c1ccc(N(CC)CC)cc1. The lowest BCUT2D eigenvalue weighted by atomic mass is 10.2. The first-order valence-electron chi connectivity index (χ1n) is 8.19. The molecular weight excluding hydrogens is 326 g/mol. The molecule has 2 amide bonds. The summed E-state index contributed by atoms with van der Waals surface area (Å²) in [7, 11) is 0. The van der Waals surface area contributed by atoms with Gasteiger partial charge in [-0.15, -0.1) is 0 Å². The lowest BCUT2D eigenvalue weighted by molar-refractivity contribution is -0.152. The molecule has 0 saturated heterocycles. The van der Waals surface area contributed by atoms with E-state index < -0.39 is 24.4 Å². The number of carbonyl (C=O) groups is 3. The zero-order valence-corrected chi connectivity index (χ0v) is 14.8. The van der Waals surface area contributed by atoms with Crippen molar-refractivity contribution in [2.75, 3.05) is 37.8 Å². The van der Waals surface area contributed by atoms with E-state index in [1.54, 1.807) is 19.1 Å². The first kappa shape index (κ1) is 20.4. The Morgan fingerprint density at radius 3 is 2.16 bits per heavy atom. The second kappa shape index (κ2) is 11.0. The van der Waals surface area contributed by atoms with Gasteiger partial charge in [-0.25, -0.2) is 4.79 Å². The van der Waals surface area contributed by atoms with Crippen LogP contribution < -0.4 is 15.8 Å². The Hall–Kier alpha value is -2.61. The minimum Gasteiger partial charge on any atom is -0.454 e. The maximum absolute atomic E-state index is 12.0. The lowest BCUT2D eigenvalue weighted by Crippen LogP contribution is -2.43. The van der Waals surface area contributed by atoms with E-state index >= 15 is 0 Å². The van der Waals surface area contributed by atoms with Crippen LogP contribution in [0.5, 0.6) is 0 Å². The van der Waals surface area contributed by atoms with Gasteiger partial charge in [0.1, 0.15) is 6.61 Å². The zero-order valence-electron chi connectivity index (χ0n) is 14.8. The van der Waals surface area contributed by atoms with Crippen LogP contribution in [0.15, 0.2) is 24.3 Å². The number of benzene rings is 1. The predicted molar refractivity (Wildman–Crippen MR) is 93.1 cm³/mol. The molecule has 0 fully saturated rings. The standard InChI is InChI=1S/C17H25N3O5/c1-4-20(5-2)14-9-7-13(8-10-14)17(23)19-18-15(21)11-25-16(22)12-24-6-3/h7-10H,4-6,11-12H2,1-3H3,(H,18,21)(H,19,23). The van der Waals surface area contributed by atoms with E-state index in [2.05, 4.69) is 34.3 Å². The topological polar surface area (TPSA) is 97.0 Å². The number of rotatable bonds is 9. The van der Waals surface area contributed by atoms with Crippen molar-refractivity contribution >= 4 is 23.5 Å². The maximum atomic E-state index is 12.0. The van der Waals surface area contributed by atoms with Gasteiger partial charge in [0.15, 0.2) is 6.61 Å². The molecule has 8 nitrogen and oxygen atoms in total. The van der Waals surface area contributed by atoms with Crippen molar-refractivity contribution in [1.82, 2.24) is 10.9 Å². The van der Waals surface area contributed by atoms with Gasteiger partial charge in [-0.3, -0.25) is 20.4 Å². The Balaban J connectivity index is 2.41. The molecule has 0 radical (unpaired) electrons. The molecule has 0 bridgehead atoms. The highest BCUT2D eigenvalue weighted by Crippen LogP contribution is 2.14. The van der Waals surface area contributed by atoms with Crippen LogP contribution in [0.4, 0.5) is 5.69 Å². The summed E-state index contributed by atoms with van der Waals surface area (Å²) in [5, 5.41) is 0. The number of nitrogens with one attached hydrogen (secondary N) is 2. The smallest absolute Gasteiger partial charge is 0.332 e. The molecule has 0 aliphatic rings. The number of carbonyl (C=O) groups excluding carboxylic acids is 3. The number of nitrogens with zero attached hydrogens (tertiary/aromatic N) is 1. The Morgan fingerprint density at radius 2 is 1.60 bits per heavy atom. The first-order valence-corrected chi connectivity index (χ1v) is 8.19. The normalized spacial score (nSPS) is 10.0. The summed E-state index contributed by atoms with van der Waals surface area (Å²) >= 11 is 0. The second-order valence-corrected chi connectivity index (χ2v) is 5.02. The summed E-state index contributed by atoms with van der Waals surface area (Å²) in [5.74, 6) is -1.74. The third-order valence-corrected chi connectivity index (χ3v) is 3.36. The van der Waals surface area contributed by atoms with E-state index in [-0.39, 0.29) is 6.61 Å². The molecule has 0 atom stereocenters. The second-order valence-electron chi connectivity index (χ2n) is 5.02. The fraction of sp³-hybridized carbons (Fsp3) is 0.471. The van der Waals surface area contributed by atoms with Gasteiger partial charge < -0.3 is 14.4 Å². The highest BCUT2D eigenvalue weighted by atomic mass is 16.6. The molecule has 8 heteroatoms. The molecule has 0 heterocycles. The van der Waals surface area contributed by atoms with Crippen LogP contribution in [0.2, 0.25) is 0 Å². The molecule has 25 heavy (non-hydrogen) atoms. The Morgan fingerprint density at radius 1 is 0.960 bits per heavy atom. The van der Waals surface area contributed by atoms with E-state index in [1.165, 1.54) is 0 Å². The highest BCUT2D eigenvalue weighted by Gasteiger charge is 2.10. The van der Waals surface area contributed by atoms with Crippen molar-refractivity contribution in [2.24, 2.45) is 0 Å². The Labute approximate surface area is 147 Å². The number of hydrogen-bond donors (Lipinski definition) is 2. The van der Waals surface area contributed by atoms with Gasteiger partial charge in [0.05, 0.1) is 0 Å². The number of esters is 1. The third kappa shape index (κ3) is 7.21. The summed E-state index contributed by atoms with van der Waals surface area (Å²) in [6, 6.07) is 7.05. The quantitative estimate of drug-likeness (QED) is 0.506. The minimum absolute atomic E-state index is 0.213. The van der Waals surface area contributed by atoms with Gasteiger partial charge in [-0.05, 0) is 45.0 Å². The molecule has 0 aliphatic carbocycles. The van der Waals surface area contributed by atoms with Crippen molar-refractivity contribution < 1.29 is 23.9 Å². The van der Waals surface area contributed by atoms with E-state index in [0.717, 1.165) is 18.8 Å². The van der Waals surface area contributed by atoms with Crippen molar-refractivity contribution in [2.45, 2.75) is 20.8 Å². The number of amides is 2. The Bertz CT molecular complexity index is 570. The molecule has 0 unspecified atom stereocenters.